The molecule has 5 aromatic carbocycles. The normalized spacial score (nSPS) is 17.5. The number of allylic oxidation sites excluding steroid dienone is 4. The average Bonchev–Trinajstić information content (AvgIpc) is 3.49. The number of benzene rings is 5. The molecule has 0 saturated carbocycles. The number of aromatic nitrogens is 1. The van der Waals surface area contributed by atoms with Crippen molar-refractivity contribution >= 4 is 44.7 Å². The molecule has 42 heavy (non-hydrogen) atoms. The standard InChI is InChI=1S/C40H31NS/c1-26-11-10-12-28(25-42-39-18-9-6-13-30(26)39)27-19-21-31-32-22-20-29(24-36(32)40(2,3)35(31)23-27)41-37-16-7-4-14-33(37)34-15-5-8-17-38(34)41/h4-24H,1,25H2,2-3H3/b11-10-,28-12+. The monoisotopic (exact) mass is 557 g/mol. The molecule has 1 aromatic heterocycles. The fourth-order valence-electron chi connectivity index (χ4n) is 6.88. The van der Waals surface area contributed by atoms with Gasteiger partial charge in [-0.2, -0.15) is 0 Å². The molecule has 0 unspecified atom stereocenters. The van der Waals surface area contributed by atoms with E-state index in [2.05, 4.69) is 152 Å². The number of rotatable bonds is 2. The molecule has 0 spiro atoms. The Morgan fingerprint density at radius 3 is 2.10 bits per heavy atom. The fourth-order valence-corrected chi connectivity index (χ4v) is 7.98. The minimum absolute atomic E-state index is 0.113. The Morgan fingerprint density at radius 1 is 0.690 bits per heavy atom. The zero-order chi connectivity index (χ0) is 28.4. The highest BCUT2D eigenvalue weighted by Crippen LogP contribution is 2.50. The minimum Gasteiger partial charge on any atom is -0.309 e. The quantitative estimate of drug-likeness (QED) is 0.205. The van der Waals surface area contributed by atoms with Gasteiger partial charge >= 0.3 is 0 Å². The lowest BCUT2D eigenvalue weighted by atomic mass is 9.81. The number of hydrogen-bond donors (Lipinski definition) is 0. The van der Waals surface area contributed by atoms with Crippen LogP contribution >= 0.6 is 11.8 Å². The van der Waals surface area contributed by atoms with Crippen molar-refractivity contribution in [2.24, 2.45) is 0 Å². The van der Waals surface area contributed by atoms with E-state index in [4.69, 9.17) is 0 Å². The first kappa shape index (κ1) is 25.2. The highest BCUT2D eigenvalue weighted by molar-refractivity contribution is 7.99. The summed E-state index contributed by atoms with van der Waals surface area (Å²) in [6.07, 6.45) is 6.56. The molecule has 0 saturated heterocycles. The SMILES string of the molecule is C=C1/C=C\C=C(\c2ccc3c(c2)C(C)(C)c2cc(-n4c5ccccc5c5ccccc54)ccc2-3)CSc2ccccc21. The van der Waals surface area contributed by atoms with Crippen LogP contribution in [0.15, 0.2) is 139 Å². The van der Waals surface area contributed by atoms with E-state index in [1.807, 2.05) is 11.8 Å². The number of thioether (sulfide) groups is 1. The summed E-state index contributed by atoms with van der Waals surface area (Å²) in [5, 5.41) is 2.59. The Bertz CT molecular complexity index is 2080. The highest BCUT2D eigenvalue weighted by Gasteiger charge is 2.36. The van der Waals surface area contributed by atoms with Crippen LogP contribution in [0.25, 0.3) is 49.8 Å². The summed E-state index contributed by atoms with van der Waals surface area (Å²) in [5.41, 5.74) is 14.0. The van der Waals surface area contributed by atoms with Crippen molar-refractivity contribution in [2.45, 2.75) is 24.2 Å². The zero-order valence-corrected chi connectivity index (χ0v) is 24.7. The Morgan fingerprint density at radius 2 is 1.33 bits per heavy atom. The van der Waals surface area contributed by atoms with Crippen LogP contribution in [0.5, 0.6) is 0 Å². The van der Waals surface area contributed by atoms with Gasteiger partial charge < -0.3 is 4.57 Å². The lowest BCUT2D eigenvalue weighted by molar-refractivity contribution is 0.659. The Labute approximate surface area is 251 Å². The molecule has 2 aliphatic rings. The third-order valence-corrected chi connectivity index (χ3v) is 10.2. The van der Waals surface area contributed by atoms with Crippen molar-refractivity contribution in [3.8, 4) is 16.8 Å². The van der Waals surface area contributed by atoms with E-state index in [-0.39, 0.29) is 5.41 Å². The van der Waals surface area contributed by atoms with Crippen molar-refractivity contribution in [1.29, 1.82) is 0 Å². The van der Waals surface area contributed by atoms with Crippen LogP contribution in [-0.4, -0.2) is 10.3 Å². The van der Waals surface area contributed by atoms with Gasteiger partial charge in [0.05, 0.1) is 11.0 Å². The van der Waals surface area contributed by atoms with Gasteiger partial charge in [-0.1, -0.05) is 111 Å². The third-order valence-electron chi connectivity index (χ3n) is 9.08. The molecule has 0 bridgehead atoms. The first-order chi connectivity index (χ1) is 20.5. The maximum absolute atomic E-state index is 4.31. The van der Waals surface area contributed by atoms with Crippen LogP contribution in [0.1, 0.15) is 36.1 Å². The van der Waals surface area contributed by atoms with Crippen molar-refractivity contribution in [2.75, 3.05) is 5.75 Å². The molecule has 0 amide bonds. The van der Waals surface area contributed by atoms with Crippen LogP contribution < -0.4 is 0 Å². The largest absolute Gasteiger partial charge is 0.309 e. The molecule has 0 atom stereocenters. The van der Waals surface area contributed by atoms with Crippen molar-refractivity contribution in [3.05, 3.63) is 156 Å². The van der Waals surface area contributed by atoms with E-state index in [0.717, 1.165) is 11.3 Å². The lowest BCUT2D eigenvalue weighted by Gasteiger charge is -2.23. The average molecular weight is 558 g/mol. The van der Waals surface area contributed by atoms with Crippen molar-refractivity contribution in [1.82, 2.24) is 4.57 Å². The second-order valence-corrected chi connectivity index (χ2v) is 12.9. The molecule has 6 aromatic rings. The Balaban J connectivity index is 1.21. The van der Waals surface area contributed by atoms with Gasteiger partial charge in [0.2, 0.25) is 0 Å². The lowest BCUT2D eigenvalue weighted by Crippen LogP contribution is -2.15. The second-order valence-electron chi connectivity index (χ2n) is 11.8. The van der Waals surface area contributed by atoms with Gasteiger partial charge in [-0.25, -0.2) is 0 Å². The van der Waals surface area contributed by atoms with Gasteiger partial charge in [0.15, 0.2) is 0 Å². The number of para-hydroxylation sites is 2. The summed E-state index contributed by atoms with van der Waals surface area (Å²) in [6.45, 7) is 9.07. The number of hydrogen-bond acceptors (Lipinski definition) is 1. The van der Waals surface area contributed by atoms with Gasteiger partial charge in [-0.3, -0.25) is 0 Å². The van der Waals surface area contributed by atoms with E-state index in [1.165, 1.54) is 71.3 Å². The van der Waals surface area contributed by atoms with E-state index in [1.54, 1.807) is 0 Å². The maximum Gasteiger partial charge on any atom is 0.0541 e. The van der Waals surface area contributed by atoms with Crippen LogP contribution in [0, 0.1) is 0 Å². The molecule has 202 valence electrons. The molecular formula is C40H31NS. The van der Waals surface area contributed by atoms with E-state index >= 15 is 0 Å². The van der Waals surface area contributed by atoms with Crippen LogP contribution in [0.3, 0.4) is 0 Å². The molecule has 1 aliphatic carbocycles. The predicted molar refractivity (Wildman–Crippen MR) is 182 cm³/mol. The molecule has 2 heteroatoms. The van der Waals surface area contributed by atoms with Gasteiger partial charge in [-0.05, 0) is 80.9 Å². The Kier molecular flexibility index (Phi) is 5.70. The maximum atomic E-state index is 4.31. The van der Waals surface area contributed by atoms with E-state index in [9.17, 15) is 0 Å². The summed E-state index contributed by atoms with van der Waals surface area (Å²) in [6, 6.07) is 40.2. The predicted octanol–water partition coefficient (Wildman–Crippen LogP) is 10.8. The Hall–Kier alpha value is -4.53. The molecule has 8 rings (SSSR count). The van der Waals surface area contributed by atoms with E-state index < -0.39 is 0 Å². The molecule has 2 heterocycles. The minimum atomic E-state index is -0.113. The van der Waals surface area contributed by atoms with Gasteiger partial charge in [0.1, 0.15) is 0 Å². The smallest absolute Gasteiger partial charge is 0.0541 e. The second kappa shape index (κ2) is 9.51. The van der Waals surface area contributed by atoms with Gasteiger partial charge in [0, 0.05) is 32.5 Å². The van der Waals surface area contributed by atoms with Crippen LogP contribution in [0.2, 0.25) is 0 Å². The summed E-state index contributed by atoms with van der Waals surface area (Å²) < 4.78 is 2.42. The molecule has 0 radical (unpaired) electrons. The molecule has 0 fully saturated rings. The van der Waals surface area contributed by atoms with Crippen molar-refractivity contribution < 1.29 is 0 Å². The van der Waals surface area contributed by atoms with E-state index in [0.29, 0.717) is 0 Å². The molecule has 0 N–H and O–H groups in total. The first-order valence-corrected chi connectivity index (χ1v) is 15.6. The van der Waals surface area contributed by atoms with Crippen LogP contribution in [0.4, 0.5) is 0 Å². The summed E-state index contributed by atoms with van der Waals surface area (Å²) in [4.78, 5) is 1.28. The van der Waals surface area contributed by atoms with Crippen LogP contribution in [-0.2, 0) is 5.41 Å². The fraction of sp³-hybridized carbons (Fsp3) is 0.100. The zero-order valence-electron chi connectivity index (χ0n) is 23.9. The molecular weight excluding hydrogens is 527 g/mol. The third kappa shape index (κ3) is 3.79. The highest BCUT2D eigenvalue weighted by atomic mass is 32.2. The van der Waals surface area contributed by atoms with Gasteiger partial charge in [-0.15, -0.1) is 11.8 Å². The summed E-state index contributed by atoms with van der Waals surface area (Å²) in [5.74, 6) is 0.915. The topological polar surface area (TPSA) is 4.93 Å². The molecule has 1 nitrogen and oxygen atoms in total. The molecule has 1 aliphatic heterocycles. The summed E-state index contributed by atoms with van der Waals surface area (Å²) >= 11 is 1.89. The van der Waals surface area contributed by atoms with Crippen molar-refractivity contribution in [3.63, 3.8) is 0 Å². The first-order valence-electron chi connectivity index (χ1n) is 14.6. The number of fused-ring (bicyclic) bond motifs is 7. The number of nitrogens with zero attached hydrogens (tertiary/aromatic N) is 1. The van der Waals surface area contributed by atoms with Gasteiger partial charge in [0.25, 0.3) is 0 Å². The summed E-state index contributed by atoms with van der Waals surface area (Å²) in [7, 11) is 0.